The summed E-state index contributed by atoms with van der Waals surface area (Å²) in [6.07, 6.45) is 0. The fraction of sp³-hybridized carbons (Fsp3) is 0.0588. The van der Waals surface area contributed by atoms with Crippen LogP contribution in [-0.4, -0.2) is 26.5 Å². The van der Waals surface area contributed by atoms with E-state index >= 15 is 0 Å². The third kappa shape index (κ3) is 3.85. The van der Waals surface area contributed by atoms with Gasteiger partial charge in [0, 0.05) is 11.1 Å². The molecule has 0 radical (unpaired) electrons. The molecule has 6 nitrogen and oxygen atoms in total. The predicted molar refractivity (Wildman–Crippen MR) is 91.9 cm³/mol. The van der Waals surface area contributed by atoms with Crippen molar-refractivity contribution in [2.75, 3.05) is 0 Å². The largest absolute Gasteiger partial charge is 0.508 e. The number of phenolic OH excluding ortho intramolecular Hbond substituents is 1. The Bertz CT molecular complexity index is 898. The number of rotatable bonds is 2. The van der Waals surface area contributed by atoms with Gasteiger partial charge in [-0.25, -0.2) is 4.68 Å². The lowest BCUT2D eigenvalue weighted by Crippen LogP contribution is -2.13. The number of aromatic hydroxyl groups is 1. The Morgan fingerprint density at radius 1 is 1.12 bits per heavy atom. The molecule has 0 saturated heterocycles. The summed E-state index contributed by atoms with van der Waals surface area (Å²) in [5.74, 6) is 0.189. The first kappa shape index (κ1) is 17.4. The van der Waals surface area contributed by atoms with E-state index in [1.165, 1.54) is 10.7 Å². The Kier molecular flexibility index (Phi) is 5.44. The maximum Gasteiger partial charge on any atom is 0.290 e. The first-order chi connectivity index (χ1) is 11.5. The van der Waals surface area contributed by atoms with Gasteiger partial charge in [-0.05, 0) is 60.5 Å². The molecule has 0 atom stereocenters. The summed E-state index contributed by atoms with van der Waals surface area (Å²) in [4.78, 5) is 20.5. The molecule has 124 valence electrons. The molecule has 0 fully saturated rings. The molecule has 0 spiro atoms. The highest BCUT2D eigenvalue weighted by Gasteiger charge is 2.08. The summed E-state index contributed by atoms with van der Waals surface area (Å²) < 4.78 is 1.46. The van der Waals surface area contributed by atoms with Crippen LogP contribution in [0.4, 0.5) is 0 Å². The number of phenols is 1. The molecule has 3 aromatic rings. The molecule has 0 unspecified atom stereocenters. The molecular formula is C17H15ClN2O4. The monoisotopic (exact) mass is 346 g/mol. The van der Waals surface area contributed by atoms with Gasteiger partial charge in [-0.1, -0.05) is 11.6 Å². The van der Waals surface area contributed by atoms with Crippen LogP contribution in [0.1, 0.15) is 5.56 Å². The van der Waals surface area contributed by atoms with Crippen molar-refractivity contribution in [3.63, 3.8) is 0 Å². The van der Waals surface area contributed by atoms with E-state index in [1.54, 1.807) is 36.4 Å². The molecule has 0 saturated carbocycles. The maximum absolute atomic E-state index is 12.1. The van der Waals surface area contributed by atoms with E-state index in [1.807, 2.05) is 13.0 Å². The molecule has 0 aliphatic rings. The minimum Gasteiger partial charge on any atom is -0.508 e. The van der Waals surface area contributed by atoms with Crippen LogP contribution in [0.3, 0.4) is 0 Å². The number of aromatic nitrogens is 2. The fourth-order valence-electron chi connectivity index (χ4n) is 2.14. The van der Waals surface area contributed by atoms with Crippen molar-refractivity contribution in [2.24, 2.45) is 0 Å². The first-order valence-electron chi connectivity index (χ1n) is 6.92. The van der Waals surface area contributed by atoms with Crippen LogP contribution >= 0.6 is 11.6 Å². The molecule has 0 bridgehead atoms. The van der Waals surface area contributed by atoms with E-state index in [4.69, 9.17) is 21.5 Å². The zero-order valence-corrected chi connectivity index (χ0v) is 13.5. The molecule has 7 heteroatoms. The second kappa shape index (κ2) is 7.52. The SMILES string of the molecule is Cc1cc(-n2[nH]c(-c3ccc(O)cc3)cc2=O)ccc1Cl.O=CO. The van der Waals surface area contributed by atoms with Gasteiger partial charge >= 0.3 is 0 Å². The molecule has 0 aliphatic heterocycles. The fourth-order valence-corrected chi connectivity index (χ4v) is 2.26. The zero-order chi connectivity index (χ0) is 17.7. The number of nitrogens with zero attached hydrogens (tertiary/aromatic N) is 1. The van der Waals surface area contributed by atoms with Gasteiger partial charge in [0.15, 0.2) is 0 Å². The topological polar surface area (TPSA) is 95.3 Å². The Morgan fingerprint density at radius 3 is 2.33 bits per heavy atom. The van der Waals surface area contributed by atoms with Gasteiger partial charge in [-0.2, -0.15) is 0 Å². The van der Waals surface area contributed by atoms with Gasteiger partial charge in [0.2, 0.25) is 0 Å². The van der Waals surface area contributed by atoms with Crippen LogP contribution in [0.2, 0.25) is 5.02 Å². The van der Waals surface area contributed by atoms with Crippen molar-refractivity contribution in [3.05, 3.63) is 69.5 Å². The van der Waals surface area contributed by atoms with Crippen LogP contribution in [0.15, 0.2) is 53.3 Å². The zero-order valence-electron chi connectivity index (χ0n) is 12.7. The highest BCUT2D eigenvalue weighted by molar-refractivity contribution is 6.31. The summed E-state index contributed by atoms with van der Waals surface area (Å²) in [5.41, 5.74) is 3.00. The Labute approximate surface area is 142 Å². The van der Waals surface area contributed by atoms with E-state index in [2.05, 4.69) is 5.10 Å². The van der Waals surface area contributed by atoms with Crippen LogP contribution in [0.25, 0.3) is 16.9 Å². The van der Waals surface area contributed by atoms with Crippen molar-refractivity contribution in [3.8, 4) is 22.7 Å². The van der Waals surface area contributed by atoms with Crippen molar-refractivity contribution in [1.82, 2.24) is 9.78 Å². The summed E-state index contributed by atoms with van der Waals surface area (Å²) in [7, 11) is 0. The van der Waals surface area contributed by atoms with Crippen molar-refractivity contribution in [2.45, 2.75) is 6.92 Å². The number of halogens is 1. The quantitative estimate of drug-likeness (QED) is 0.621. The smallest absolute Gasteiger partial charge is 0.290 e. The maximum atomic E-state index is 12.1. The van der Waals surface area contributed by atoms with E-state index in [-0.39, 0.29) is 17.8 Å². The number of benzene rings is 2. The summed E-state index contributed by atoms with van der Waals surface area (Å²) in [6, 6.07) is 13.6. The van der Waals surface area contributed by atoms with Crippen molar-refractivity contribution in [1.29, 1.82) is 0 Å². The van der Waals surface area contributed by atoms with Crippen LogP contribution in [0.5, 0.6) is 5.75 Å². The second-order valence-electron chi connectivity index (χ2n) is 4.93. The predicted octanol–water partition coefficient (Wildman–Crippen LogP) is 3.20. The standard InChI is InChI=1S/C16H13ClN2O2.CH2O2/c1-10-8-12(4-7-14(10)17)19-16(21)9-15(18-19)11-2-5-13(20)6-3-11;2-1-3/h2-9,18,20H,1H3;1H,(H,2,3). The van der Waals surface area contributed by atoms with Gasteiger partial charge in [0.25, 0.3) is 12.0 Å². The van der Waals surface area contributed by atoms with Gasteiger partial charge in [0.05, 0.1) is 11.4 Å². The summed E-state index contributed by atoms with van der Waals surface area (Å²) in [5, 5.41) is 19.9. The number of nitrogens with one attached hydrogen (secondary N) is 1. The van der Waals surface area contributed by atoms with E-state index in [0.29, 0.717) is 10.7 Å². The summed E-state index contributed by atoms with van der Waals surface area (Å²) >= 11 is 6.00. The van der Waals surface area contributed by atoms with Gasteiger partial charge in [0.1, 0.15) is 5.75 Å². The van der Waals surface area contributed by atoms with Gasteiger partial charge in [-0.3, -0.25) is 14.7 Å². The Hall–Kier alpha value is -2.99. The molecule has 1 heterocycles. The lowest BCUT2D eigenvalue weighted by Gasteiger charge is -2.05. The molecule has 0 aliphatic carbocycles. The molecule has 24 heavy (non-hydrogen) atoms. The minimum atomic E-state index is -0.250. The lowest BCUT2D eigenvalue weighted by atomic mass is 10.1. The molecule has 3 N–H and O–H groups in total. The Balaban J connectivity index is 0.000000647. The molecule has 0 amide bonds. The number of aromatic amines is 1. The van der Waals surface area contributed by atoms with Crippen LogP contribution in [0, 0.1) is 6.92 Å². The van der Waals surface area contributed by atoms with E-state index in [0.717, 1.165) is 16.8 Å². The third-order valence-corrected chi connectivity index (χ3v) is 3.72. The summed E-state index contributed by atoms with van der Waals surface area (Å²) in [6.45, 7) is 1.64. The second-order valence-corrected chi connectivity index (χ2v) is 5.34. The van der Waals surface area contributed by atoms with Crippen molar-refractivity contribution >= 4 is 18.1 Å². The number of carboxylic acid groups (broad SMARTS) is 1. The van der Waals surface area contributed by atoms with Crippen LogP contribution < -0.4 is 5.56 Å². The number of aryl methyl sites for hydroxylation is 1. The van der Waals surface area contributed by atoms with Crippen molar-refractivity contribution < 1.29 is 15.0 Å². The number of carbonyl (C=O) groups is 1. The number of H-pyrrole nitrogens is 1. The molecule has 3 rings (SSSR count). The highest BCUT2D eigenvalue weighted by Crippen LogP contribution is 2.21. The van der Waals surface area contributed by atoms with Gasteiger partial charge < -0.3 is 10.2 Å². The molecule has 2 aromatic carbocycles. The number of hydrogen-bond acceptors (Lipinski definition) is 3. The highest BCUT2D eigenvalue weighted by atomic mass is 35.5. The van der Waals surface area contributed by atoms with Gasteiger partial charge in [-0.15, -0.1) is 0 Å². The average molecular weight is 347 g/mol. The molecular weight excluding hydrogens is 332 g/mol. The van der Waals surface area contributed by atoms with Crippen LogP contribution in [-0.2, 0) is 4.79 Å². The number of hydrogen-bond donors (Lipinski definition) is 3. The van der Waals surface area contributed by atoms with E-state index in [9.17, 15) is 9.90 Å². The van der Waals surface area contributed by atoms with E-state index < -0.39 is 0 Å². The Morgan fingerprint density at radius 2 is 1.75 bits per heavy atom. The lowest BCUT2D eigenvalue weighted by molar-refractivity contribution is -0.122. The third-order valence-electron chi connectivity index (χ3n) is 3.30. The molecule has 1 aromatic heterocycles. The minimum absolute atomic E-state index is 0.153. The normalized spacial score (nSPS) is 9.92. The first-order valence-corrected chi connectivity index (χ1v) is 7.30. The average Bonchev–Trinajstić information content (AvgIpc) is 2.93.